The van der Waals surface area contributed by atoms with Crippen LogP contribution in [-0.4, -0.2) is 23.1 Å². The molecule has 1 heterocycles. The number of nitrogens with zero attached hydrogens (tertiary/aromatic N) is 1. The Morgan fingerprint density at radius 3 is 1.83 bits per heavy atom. The minimum absolute atomic E-state index is 0.0667. The Kier molecular flexibility index (Phi) is 6.43. The zero-order valence-electron chi connectivity index (χ0n) is 19.3. The Labute approximate surface area is 178 Å². The summed E-state index contributed by atoms with van der Waals surface area (Å²) in [6.07, 6.45) is 3.74. The van der Waals surface area contributed by atoms with E-state index < -0.39 is 0 Å². The number of aromatic hydroxyl groups is 1. The molecule has 2 aromatic carbocycles. The van der Waals surface area contributed by atoms with Crippen molar-refractivity contribution in [1.82, 2.24) is 4.90 Å². The van der Waals surface area contributed by atoms with Gasteiger partial charge in [-0.2, -0.15) is 0 Å². The first-order valence-electron chi connectivity index (χ1n) is 11.2. The van der Waals surface area contributed by atoms with Crippen molar-refractivity contribution in [2.24, 2.45) is 5.92 Å². The lowest BCUT2D eigenvalue weighted by molar-refractivity contribution is 0.177. The molecule has 158 valence electrons. The normalized spacial score (nSPS) is 16.9. The summed E-state index contributed by atoms with van der Waals surface area (Å²) in [5.74, 6) is 1.28. The maximum atomic E-state index is 11.0. The van der Waals surface area contributed by atoms with Gasteiger partial charge < -0.3 is 5.11 Å². The molecule has 0 radical (unpaired) electrons. The molecular weight excluding hydrogens is 354 g/mol. The van der Waals surface area contributed by atoms with Crippen LogP contribution < -0.4 is 0 Å². The van der Waals surface area contributed by atoms with Crippen molar-refractivity contribution in [3.63, 3.8) is 0 Å². The molecule has 1 aliphatic rings. The van der Waals surface area contributed by atoms with E-state index in [0.717, 1.165) is 36.7 Å². The van der Waals surface area contributed by atoms with E-state index in [1.807, 2.05) is 0 Å². The zero-order valence-corrected chi connectivity index (χ0v) is 19.3. The highest BCUT2D eigenvalue weighted by Gasteiger charge is 2.27. The molecule has 1 aliphatic heterocycles. The number of benzene rings is 2. The molecule has 2 aromatic rings. The van der Waals surface area contributed by atoms with Gasteiger partial charge in [-0.1, -0.05) is 84.0 Å². The third kappa shape index (κ3) is 5.63. The van der Waals surface area contributed by atoms with E-state index in [1.165, 1.54) is 30.4 Å². The van der Waals surface area contributed by atoms with Gasteiger partial charge in [0.2, 0.25) is 0 Å². The number of hydrogen-bond acceptors (Lipinski definition) is 2. The van der Waals surface area contributed by atoms with Crippen LogP contribution in [0.5, 0.6) is 5.75 Å². The summed E-state index contributed by atoms with van der Waals surface area (Å²) in [4.78, 5) is 2.59. The fraction of sp³-hybridized carbons (Fsp3) is 0.556. The van der Waals surface area contributed by atoms with Crippen molar-refractivity contribution in [1.29, 1.82) is 0 Å². The van der Waals surface area contributed by atoms with Crippen molar-refractivity contribution < 1.29 is 5.11 Å². The molecule has 0 aliphatic carbocycles. The van der Waals surface area contributed by atoms with Gasteiger partial charge >= 0.3 is 0 Å². The summed E-state index contributed by atoms with van der Waals surface area (Å²) >= 11 is 0. The van der Waals surface area contributed by atoms with Gasteiger partial charge in [-0.25, -0.2) is 0 Å². The number of likely N-dealkylation sites (tertiary alicyclic amines) is 1. The van der Waals surface area contributed by atoms with E-state index in [4.69, 9.17) is 0 Å². The minimum Gasteiger partial charge on any atom is -0.507 e. The van der Waals surface area contributed by atoms with E-state index in [0.29, 0.717) is 5.75 Å². The summed E-state index contributed by atoms with van der Waals surface area (Å²) < 4.78 is 0. The molecule has 1 N–H and O–H groups in total. The van der Waals surface area contributed by atoms with Gasteiger partial charge in [-0.05, 0) is 71.4 Å². The lowest BCUT2D eigenvalue weighted by Gasteiger charge is -2.33. The van der Waals surface area contributed by atoms with Crippen LogP contribution in [-0.2, 0) is 23.8 Å². The molecule has 29 heavy (non-hydrogen) atoms. The molecule has 0 atom stereocenters. The van der Waals surface area contributed by atoms with Crippen LogP contribution >= 0.6 is 0 Å². The van der Waals surface area contributed by atoms with Crippen LogP contribution in [0.3, 0.4) is 0 Å². The fourth-order valence-electron chi connectivity index (χ4n) is 4.48. The zero-order chi connectivity index (χ0) is 21.2. The molecule has 0 unspecified atom stereocenters. The average Bonchev–Trinajstić information content (AvgIpc) is 2.63. The first-order chi connectivity index (χ1) is 13.5. The monoisotopic (exact) mass is 393 g/mol. The van der Waals surface area contributed by atoms with Crippen LogP contribution in [0.1, 0.15) is 76.6 Å². The molecule has 0 bridgehead atoms. The Hall–Kier alpha value is -1.80. The van der Waals surface area contributed by atoms with Gasteiger partial charge in [-0.3, -0.25) is 4.90 Å². The van der Waals surface area contributed by atoms with E-state index >= 15 is 0 Å². The maximum absolute atomic E-state index is 11.0. The van der Waals surface area contributed by atoms with Crippen LogP contribution in [0.25, 0.3) is 0 Å². The van der Waals surface area contributed by atoms with Gasteiger partial charge in [0.05, 0.1) is 0 Å². The summed E-state index contributed by atoms with van der Waals surface area (Å²) in [6.45, 7) is 16.4. The number of rotatable bonds is 4. The van der Waals surface area contributed by atoms with Gasteiger partial charge in [0.15, 0.2) is 0 Å². The molecule has 0 saturated carbocycles. The summed E-state index contributed by atoms with van der Waals surface area (Å²) in [5.41, 5.74) is 4.80. The second-order valence-corrected chi connectivity index (χ2v) is 10.9. The molecular formula is C27H39NO. The highest BCUT2D eigenvalue weighted by molar-refractivity contribution is 5.49. The summed E-state index contributed by atoms with van der Waals surface area (Å²) in [7, 11) is 0. The average molecular weight is 394 g/mol. The Morgan fingerprint density at radius 2 is 1.34 bits per heavy atom. The molecule has 3 rings (SSSR count). The molecule has 0 aromatic heterocycles. The van der Waals surface area contributed by atoms with Gasteiger partial charge in [0, 0.05) is 6.54 Å². The standard InChI is InChI=1S/C27H39NO/c1-26(2,3)23-17-22(18-24(25(23)29)27(4,5)6)19-28-14-12-21(13-15-28)16-20-10-8-7-9-11-20/h7-11,17-18,21,29H,12-16,19H2,1-6H3. The second kappa shape index (κ2) is 8.52. The topological polar surface area (TPSA) is 23.5 Å². The van der Waals surface area contributed by atoms with Gasteiger partial charge in [0.1, 0.15) is 5.75 Å². The molecule has 1 saturated heterocycles. The Morgan fingerprint density at radius 1 is 0.828 bits per heavy atom. The Balaban J connectivity index is 1.70. The summed E-state index contributed by atoms with van der Waals surface area (Å²) in [5, 5.41) is 11.0. The summed E-state index contributed by atoms with van der Waals surface area (Å²) in [6, 6.07) is 15.4. The van der Waals surface area contributed by atoms with E-state index in [-0.39, 0.29) is 10.8 Å². The third-order valence-corrected chi connectivity index (χ3v) is 6.27. The van der Waals surface area contributed by atoms with E-state index in [1.54, 1.807) is 0 Å². The third-order valence-electron chi connectivity index (χ3n) is 6.27. The van der Waals surface area contributed by atoms with Crippen LogP contribution in [0.2, 0.25) is 0 Å². The van der Waals surface area contributed by atoms with Crippen LogP contribution in [0, 0.1) is 5.92 Å². The first kappa shape index (κ1) is 21.9. The lowest BCUT2D eigenvalue weighted by Crippen LogP contribution is -2.34. The second-order valence-electron chi connectivity index (χ2n) is 10.9. The van der Waals surface area contributed by atoms with Crippen molar-refractivity contribution in [2.75, 3.05) is 13.1 Å². The minimum atomic E-state index is -0.0667. The van der Waals surface area contributed by atoms with Crippen molar-refractivity contribution in [3.8, 4) is 5.75 Å². The maximum Gasteiger partial charge on any atom is 0.123 e. The smallest absolute Gasteiger partial charge is 0.123 e. The molecule has 0 amide bonds. The van der Waals surface area contributed by atoms with Crippen molar-refractivity contribution >= 4 is 0 Å². The highest BCUT2D eigenvalue weighted by Crippen LogP contribution is 2.40. The number of piperidine rings is 1. The van der Waals surface area contributed by atoms with Gasteiger partial charge in [-0.15, -0.1) is 0 Å². The SMILES string of the molecule is CC(C)(C)c1cc(CN2CCC(Cc3ccccc3)CC2)cc(C(C)(C)C)c1O. The lowest BCUT2D eigenvalue weighted by atomic mass is 9.78. The molecule has 0 spiro atoms. The predicted octanol–water partition coefficient (Wildman–Crippen LogP) is 6.44. The van der Waals surface area contributed by atoms with Crippen LogP contribution in [0.15, 0.2) is 42.5 Å². The van der Waals surface area contributed by atoms with Crippen LogP contribution in [0.4, 0.5) is 0 Å². The first-order valence-corrected chi connectivity index (χ1v) is 11.2. The fourth-order valence-corrected chi connectivity index (χ4v) is 4.48. The number of phenolic OH excluding ortho intramolecular Hbond substituents is 1. The molecule has 2 nitrogen and oxygen atoms in total. The van der Waals surface area contributed by atoms with Crippen molar-refractivity contribution in [2.45, 2.75) is 78.2 Å². The molecule has 2 heteroatoms. The highest BCUT2D eigenvalue weighted by atomic mass is 16.3. The number of phenols is 1. The largest absolute Gasteiger partial charge is 0.507 e. The van der Waals surface area contributed by atoms with Crippen molar-refractivity contribution in [3.05, 3.63) is 64.7 Å². The van der Waals surface area contributed by atoms with Gasteiger partial charge in [0.25, 0.3) is 0 Å². The molecule has 1 fully saturated rings. The quantitative estimate of drug-likeness (QED) is 0.646. The van der Waals surface area contributed by atoms with E-state index in [2.05, 4.69) is 88.9 Å². The number of hydrogen-bond donors (Lipinski definition) is 1. The predicted molar refractivity (Wildman–Crippen MR) is 124 cm³/mol. The Bertz CT molecular complexity index is 768. The van der Waals surface area contributed by atoms with E-state index in [9.17, 15) is 5.11 Å².